The van der Waals surface area contributed by atoms with Gasteiger partial charge in [0.1, 0.15) is 0 Å². The van der Waals surface area contributed by atoms with E-state index in [9.17, 15) is 13.2 Å². The number of amides is 1. The number of rotatable bonds is 4. The Morgan fingerprint density at radius 2 is 1.82 bits per heavy atom. The van der Waals surface area contributed by atoms with Crippen molar-refractivity contribution in [3.05, 3.63) is 29.3 Å². The van der Waals surface area contributed by atoms with Crippen LogP contribution in [0.1, 0.15) is 37.3 Å². The second kappa shape index (κ2) is 6.01. The molecule has 1 aliphatic carbocycles. The first-order chi connectivity index (χ1) is 10.5. The number of nitrogens with one attached hydrogen (secondary N) is 1. The average Bonchev–Trinajstić information content (AvgIpc) is 3.16. The lowest BCUT2D eigenvalue weighted by Gasteiger charge is -2.21. The lowest BCUT2D eigenvalue weighted by Crippen LogP contribution is -2.45. The molecular weight excluding hydrogens is 300 g/mol. The van der Waals surface area contributed by atoms with Gasteiger partial charge in [0.2, 0.25) is 15.9 Å². The summed E-state index contributed by atoms with van der Waals surface area (Å²) in [6, 6.07) is 4.55. The minimum atomic E-state index is -3.65. The molecule has 6 heteroatoms. The van der Waals surface area contributed by atoms with E-state index in [4.69, 9.17) is 0 Å². The summed E-state index contributed by atoms with van der Waals surface area (Å²) in [7, 11) is -3.65. The largest absolute Gasteiger partial charge is 0.341 e. The van der Waals surface area contributed by atoms with Gasteiger partial charge in [-0.15, -0.1) is 0 Å². The molecule has 1 aromatic carbocycles. The zero-order valence-electron chi connectivity index (χ0n) is 12.8. The molecule has 1 unspecified atom stereocenters. The highest BCUT2D eigenvalue weighted by atomic mass is 32.2. The molecule has 1 heterocycles. The SMILES string of the molecule is CC(NS(=O)(=O)c1ccc2c(c1)CCC2)C(=O)N1CCCC1. The van der Waals surface area contributed by atoms with Crippen LogP contribution in [0.25, 0.3) is 0 Å². The highest BCUT2D eigenvalue weighted by Crippen LogP contribution is 2.24. The van der Waals surface area contributed by atoms with Crippen LogP contribution in [0.15, 0.2) is 23.1 Å². The molecule has 3 rings (SSSR count). The fourth-order valence-corrected chi connectivity index (χ4v) is 4.52. The molecule has 0 radical (unpaired) electrons. The Morgan fingerprint density at radius 1 is 1.14 bits per heavy atom. The van der Waals surface area contributed by atoms with Crippen molar-refractivity contribution in [3.8, 4) is 0 Å². The Balaban J connectivity index is 1.74. The van der Waals surface area contributed by atoms with Crippen molar-refractivity contribution in [2.24, 2.45) is 0 Å². The summed E-state index contributed by atoms with van der Waals surface area (Å²) in [6.45, 7) is 3.07. The summed E-state index contributed by atoms with van der Waals surface area (Å²) in [6.07, 6.45) is 5.02. The quantitative estimate of drug-likeness (QED) is 0.913. The molecular formula is C16H22N2O3S. The first-order valence-corrected chi connectivity index (χ1v) is 9.38. The van der Waals surface area contributed by atoms with Gasteiger partial charge in [0.25, 0.3) is 0 Å². The number of carbonyl (C=O) groups is 1. The molecule has 0 spiro atoms. The lowest BCUT2D eigenvalue weighted by atomic mass is 10.1. The van der Waals surface area contributed by atoms with Gasteiger partial charge in [-0.05, 0) is 62.3 Å². The van der Waals surface area contributed by atoms with Gasteiger partial charge < -0.3 is 4.90 Å². The summed E-state index contributed by atoms with van der Waals surface area (Å²) < 4.78 is 27.5. The lowest BCUT2D eigenvalue weighted by molar-refractivity contribution is -0.131. The van der Waals surface area contributed by atoms with Crippen LogP contribution in [-0.2, 0) is 27.7 Å². The van der Waals surface area contributed by atoms with Crippen LogP contribution in [0.4, 0.5) is 0 Å². The molecule has 1 aliphatic heterocycles. The monoisotopic (exact) mass is 322 g/mol. The number of hydrogen-bond acceptors (Lipinski definition) is 3. The molecule has 1 fully saturated rings. The summed E-state index contributed by atoms with van der Waals surface area (Å²) in [5, 5.41) is 0. The fourth-order valence-electron chi connectivity index (χ4n) is 3.28. The number of fused-ring (bicyclic) bond motifs is 1. The van der Waals surface area contributed by atoms with E-state index in [1.165, 1.54) is 5.56 Å². The summed E-state index contributed by atoms with van der Waals surface area (Å²) in [4.78, 5) is 14.2. The van der Waals surface area contributed by atoms with Crippen molar-refractivity contribution in [1.29, 1.82) is 0 Å². The maximum Gasteiger partial charge on any atom is 0.241 e. The van der Waals surface area contributed by atoms with Gasteiger partial charge in [0.15, 0.2) is 0 Å². The maximum absolute atomic E-state index is 12.5. The van der Waals surface area contributed by atoms with Crippen molar-refractivity contribution in [1.82, 2.24) is 9.62 Å². The number of benzene rings is 1. The average molecular weight is 322 g/mol. The Morgan fingerprint density at radius 3 is 2.55 bits per heavy atom. The fraction of sp³-hybridized carbons (Fsp3) is 0.562. The Bertz CT molecular complexity index is 679. The zero-order chi connectivity index (χ0) is 15.7. The van der Waals surface area contributed by atoms with E-state index in [1.54, 1.807) is 24.0 Å². The van der Waals surface area contributed by atoms with Crippen LogP contribution in [0, 0.1) is 0 Å². The smallest absolute Gasteiger partial charge is 0.241 e. The van der Waals surface area contributed by atoms with Crippen LogP contribution >= 0.6 is 0 Å². The van der Waals surface area contributed by atoms with Crippen molar-refractivity contribution < 1.29 is 13.2 Å². The first kappa shape index (κ1) is 15.5. The predicted octanol–water partition coefficient (Wildman–Crippen LogP) is 1.46. The van der Waals surface area contributed by atoms with Crippen LogP contribution in [-0.4, -0.2) is 38.4 Å². The maximum atomic E-state index is 12.5. The molecule has 0 saturated carbocycles. The summed E-state index contributed by atoms with van der Waals surface area (Å²) >= 11 is 0. The topological polar surface area (TPSA) is 66.5 Å². The van der Waals surface area contributed by atoms with E-state index in [0.29, 0.717) is 0 Å². The van der Waals surface area contributed by atoms with Gasteiger partial charge in [-0.25, -0.2) is 8.42 Å². The van der Waals surface area contributed by atoms with E-state index in [1.807, 2.05) is 6.07 Å². The van der Waals surface area contributed by atoms with E-state index >= 15 is 0 Å². The summed E-state index contributed by atoms with van der Waals surface area (Å²) in [5.74, 6) is -0.137. The molecule has 0 aromatic heterocycles. The van der Waals surface area contributed by atoms with Crippen LogP contribution in [0.3, 0.4) is 0 Å². The minimum absolute atomic E-state index is 0.137. The van der Waals surface area contributed by atoms with Crippen LogP contribution < -0.4 is 4.72 Å². The summed E-state index contributed by atoms with van der Waals surface area (Å²) in [5.41, 5.74) is 2.35. The van der Waals surface area contributed by atoms with E-state index < -0.39 is 16.1 Å². The highest BCUT2D eigenvalue weighted by Gasteiger charge is 2.27. The molecule has 5 nitrogen and oxygen atoms in total. The Kier molecular flexibility index (Phi) is 4.23. The standard InChI is InChI=1S/C16H22N2O3S/c1-12(16(19)18-9-2-3-10-18)17-22(20,21)15-8-7-13-5-4-6-14(13)11-15/h7-8,11-12,17H,2-6,9-10H2,1H3. The Labute approximate surface area is 131 Å². The van der Waals surface area contributed by atoms with E-state index in [0.717, 1.165) is 50.8 Å². The third-order valence-corrected chi connectivity index (χ3v) is 6.04. The molecule has 2 aliphatic rings. The van der Waals surface area contributed by atoms with Gasteiger partial charge in [0.05, 0.1) is 10.9 Å². The minimum Gasteiger partial charge on any atom is -0.341 e. The molecule has 1 amide bonds. The molecule has 1 aromatic rings. The molecule has 22 heavy (non-hydrogen) atoms. The number of carbonyl (C=O) groups excluding carboxylic acids is 1. The number of likely N-dealkylation sites (tertiary alicyclic amines) is 1. The first-order valence-electron chi connectivity index (χ1n) is 7.90. The molecule has 1 atom stereocenters. The van der Waals surface area contributed by atoms with Crippen LogP contribution in [0.5, 0.6) is 0 Å². The third kappa shape index (κ3) is 3.03. The van der Waals surface area contributed by atoms with Crippen LogP contribution in [0.2, 0.25) is 0 Å². The third-order valence-electron chi connectivity index (χ3n) is 4.50. The van der Waals surface area contributed by atoms with E-state index in [-0.39, 0.29) is 10.8 Å². The van der Waals surface area contributed by atoms with Crippen molar-refractivity contribution in [2.45, 2.75) is 50.0 Å². The number of sulfonamides is 1. The van der Waals surface area contributed by atoms with E-state index in [2.05, 4.69) is 4.72 Å². The van der Waals surface area contributed by atoms with Gasteiger partial charge in [-0.1, -0.05) is 6.07 Å². The number of hydrogen-bond donors (Lipinski definition) is 1. The second-order valence-electron chi connectivity index (χ2n) is 6.16. The Hall–Kier alpha value is -1.40. The molecule has 120 valence electrons. The highest BCUT2D eigenvalue weighted by molar-refractivity contribution is 7.89. The van der Waals surface area contributed by atoms with Gasteiger partial charge in [-0.3, -0.25) is 4.79 Å². The molecule has 1 N–H and O–H groups in total. The predicted molar refractivity (Wildman–Crippen MR) is 84.1 cm³/mol. The zero-order valence-corrected chi connectivity index (χ0v) is 13.7. The van der Waals surface area contributed by atoms with Crippen molar-refractivity contribution >= 4 is 15.9 Å². The normalized spacial score (nSPS) is 19.2. The van der Waals surface area contributed by atoms with Gasteiger partial charge in [-0.2, -0.15) is 4.72 Å². The number of aryl methyl sites for hydroxylation is 2. The van der Waals surface area contributed by atoms with Crippen molar-refractivity contribution in [2.75, 3.05) is 13.1 Å². The molecule has 0 bridgehead atoms. The molecule has 1 saturated heterocycles. The number of nitrogens with zero attached hydrogens (tertiary/aromatic N) is 1. The van der Waals surface area contributed by atoms with Gasteiger partial charge >= 0.3 is 0 Å². The van der Waals surface area contributed by atoms with Gasteiger partial charge in [0, 0.05) is 13.1 Å². The van der Waals surface area contributed by atoms with Crippen molar-refractivity contribution in [3.63, 3.8) is 0 Å². The second-order valence-corrected chi connectivity index (χ2v) is 7.87.